The van der Waals surface area contributed by atoms with Gasteiger partial charge in [0, 0.05) is 22.8 Å². The third-order valence-electron chi connectivity index (χ3n) is 6.11. The zero-order valence-corrected chi connectivity index (χ0v) is 26.5. The molecule has 4 N–H and O–H groups in total. The van der Waals surface area contributed by atoms with Gasteiger partial charge in [-0.2, -0.15) is 10.2 Å². The topological polar surface area (TPSA) is 268 Å². The van der Waals surface area contributed by atoms with Crippen LogP contribution >= 0.6 is 22.7 Å². The van der Waals surface area contributed by atoms with E-state index in [2.05, 4.69) is 41.8 Å². The first-order valence-electron chi connectivity index (χ1n) is 12.7. The minimum atomic E-state index is -3.93. The third kappa shape index (κ3) is 5.44. The second kappa shape index (κ2) is 12.1. The summed E-state index contributed by atoms with van der Waals surface area (Å²) in [5.74, 6) is -0.464. The molecule has 22 heteroatoms. The number of ether oxygens (including phenoxy) is 1. The van der Waals surface area contributed by atoms with Gasteiger partial charge in [0.15, 0.2) is 15.5 Å². The van der Waals surface area contributed by atoms with Gasteiger partial charge in [0.1, 0.15) is 31.3 Å². The highest BCUT2D eigenvalue weighted by Crippen LogP contribution is 2.39. The fraction of sp³-hybridized carbons (Fsp3) is 0.167. The number of aliphatic hydroxyl groups is 1. The summed E-state index contributed by atoms with van der Waals surface area (Å²) in [5.41, 5.74) is 5.61. The Morgan fingerprint density at radius 1 is 1.35 bits per heavy atom. The number of nitrogens with zero attached hydrogens (tertiary/aromatic N) is 9. The van der Waals surface area contributed by atoms with E-state index in [1.807, 2.05) is 6.07 Å². The van der Waals surface area contributed by atoms with E-state index in [1.54, 1.807) is 23.9 Å². The Hall–Kier alpha value is -4.92. The molecule has 6 aromatic heterocycles. The van der Waals surface area contributed by atoms with Crippen molar-refractivity contribution in [2.75, 3.05) is 18.1 Å². The van der Waals surface area contributed by atoms with E-state index >= 15 is 0 Å². The molecule has 234 valence electrons. The van der Waals surface area contributed by atoms with Crippen molar-refractivity contribution in [3.63, 3.8) is 0 Å². The van der Waals surface area contributed by atoms with Crippen molar-refractivity contribution in [2.45, 2.75) is 15.5 Å². The number of thiazole rings is 1. The van der Waals surface area contributed by atoms with Crippen LogP contribution in [0.1, 0.15) is 11.4 Å². The lowest BCUT2D eigenvalue weighted by Gasteiger charge is -2.02. The molecule has 6 heterocycles. The zero-order valence-electron chi connectivity index (χ0n) is 23.3. The van der Waals surface area contributed by atoms with Crippen molar-refractivity contribution in [3.8, 4) is 35.1 Å². The Labute approximate surface area is 268 Å². The number of carbonyl (C=O) groups is 1. The highest BCUT2D eigenvalue weighted by molar-refractivity contribution is 7.94. The normalized spacial score (nSPS) is 12.4. The lowest BCUT2D eigenvalue weighted by atomic mass is 10.1. The summed E-state index contributed by atoms with van der Waals surface area (Å²) in [5, 5.41) is 30.2. The first-order valence-corrected chi connectivity index (χ1v) is 17.3. The number of aromatic amines is 1. The number of H-pyrrole nitrogens is 1. The van der Waals surface area contributed by atoms with Crippen LogP contribution < -0.4 is 19.9 Å². The molecule has 0 radical (unpaired) electrons. The molecule has 0 spiro atoms. The standard InChI is InChI=1S/C24H18N11O7S4/c1-3-8-46(39,40)22-12(9-25)14-15(29-17(31-20(14)43-22)19-32-27-10-41-19)13-4-5-34(33-13)35-11(2)28-18(42-23(26)37)16-21(35)44-24(30-16)45(38)7-6-36/h3-5,10,36H,1,6-8H2,2H3,(H2-,26,29,31,33,37)/q+1/p+1. The van der Waals surface area contributed by atoms with Crippen LogP contribution in [-0.2, 0) is 21.0 Å². The molecule has 0 aromatic carbocycles. The van der Waals surface area contributed by atoms with Gasteiger partial charge in [-0.15, -0.1) is 28.1 Å². The zero-order chi connectivity index (χ0) is 32.7. The molecule has 6 aromatic rings. The van der Waals surface area contributed by atoms with Gasteiger partial charge in [-0.1, -0.05) is 16.2 Å². The predicted molar refractivity (Wildman–Crippen MR) is 159 cm³/mol. The number of primary amides is 1. The molecular weight excluding hydrogens is 683 g/mol. The number of amides is 1. The fourth-order valence-electron chi connectivity index (χ4n) is 4.34. The Balaban J connectivity index is 1.59. The maximum atomic E-state index is 13.1. The number of fused-ring (bicyclic) bond motifs is 2. The summed E-state index contributed by atoms with van der Waals surface area (Å²) in [6.07, 6.45) is 2.76. The molecule has 1 amide bonds. The van der Waals surface area contributed by atoms with Gasteiger partial charge in [-0.25, -0.2) is 23.2 Å². The first kappa shape index (κ1) is 31.1. The van der Waals surface area contributed by atoms with E-state index in [-0.39, 0.29) is 71.3 Å². The minimum Gasteiger partial charge on any atom is -0.609 e. The van der Waals surface area contributed by atoms with Crippen molar-refractivity contribution in [1.29, 1.82) is 5.26 Å². The summed E-state index contributed by atoms with van der Waals surface area (Å²) in [4.78, 5) is 31.2. The average molecular weight is 702 g/mol. The molecule has 0 saturated carbocycles. The second-order valence-electron chi connectivity index (χ2n) is 9.06. The minimum absolute atomic E-state index is 0.0149. The van der Waals surface area contributed by atoms with Gasteiger partial charge in [0.2, 0.25) is 17.7 Å². The Bertz CT molecular complexity index is 2310. The van der Waals surface area contributed by atoms with E-state index in [1.165, 1.54) is 10.9 Å². The number of thiophene rings is 1. The maximum absolute atomic E-state index is 13.1. The van der Waals surface area contributed by atoms with Gasteiger partial charge >= 0.3 is 22.1 Å². The molecule has 0 saturated heterocycles. The van der Waals surface area contributed by atoms with E-state index in [0.29, 0.717) is 10.5 Å². The molecule has 1 atom stereocenters. The Morgan fingerprint density at radius 3 is 2.83 bits per heavy atom. The molecule has 0 aliphatic heterocycles. The predicted octanol–water partition coefficient (Wildman–Crippen LogP) is 0.325. The molecule has 6 rings (SSSR count). The van der Waals surface area contributed by atoms with Gasteiger partial charge in [-0.3, -0.25) is 0 Å². The van der Waals surface area contributed by atoms with Crippen LogP contribution in [0.2, 0.25) is 0 Å². The van der Waals surface area contributed by atoms with Crippen molar-refractivity contribution >= 4 is 70.3 Å². The largest absolute Gasteiger partial charge is 0.609 e. The molecule has 1 unspecified atom stereocenters. The number of carbonyl (C=O) groups excluding carboxylic acids is 1. The molecule has 0 aliphatic rings. The lowest BCUT2D eigenvalue weighted by Crippen LogP contribution is -2.69. The summed E-state index contributed by atoms with van der Waals surface area (Å²) in [6.45, 7) is 4.76. The second-order valence-corrected chi connectivity index (χ2v) is 15.0. The molecule has 0 bridgehead atoms. The maximum Gasteiger partial charge on any atom is 0.412 e. The fourth-order valence-corrected chi connectivity index (χ4v) is 9.30. The number of nitrogens with two attached hydrogens (primary N) is 1. The number of sulfone groups is 1. The summed E-state index contributed by atoms with van der Waals surface area (Å²) in [7, 11) is -3.93. The van der Waals surface area contributed by atoms with Gasteiger partial charge in [0.25, 0.3) is 16.9 Å². The number of hydrogen-bond acceptors (Lipinski definition) is 16. The van der Waals surface area contributed by atoms with Crippen molar-refractivity contribution in [1.82, 2.24) is 35.2 Å². The SMILES string of the molecule is C=CCS(=O)(=O)c1sc2nc(-c3nnco3)nc(-c3cc[n+](-[n+]4c(C)nc(OC(N)=O)c5nc([S+]([O-])CCO)sc54)[nH]3)c2c1C#N. The van der Waals surface area contributed by atoms with Gasteiger partial charge in [-0.05, 0) is 11.3 Å². The highest BCUT2D eigenvalue weighted by Gasteiger charge is 2.34. The summed E-state index contributed by atoms with van der Waals surface area (Å²) in [6, 6.07) is 3.59. The molecule has 46 heavy (non-hydrogen) atoms. The lowest BCUT2D eigenvalue weighted by molar-refractivity contribution is -1.31. The van der Waals surface area contributed by atoms with Crippen LogP contribution in [0.15, 0.2) is 44.3 Å². The molecule has 18 nitrogen and oxygen atoms in total. The Kier molecular flexibility index (Phi) is 8.19. The number of aliphatic hydroxyl groups excluding tert-OH is 1. The highest BCUT2D eigenvalue weighted by atomic mass is 32.2. The first-order chi connectivity index (χ1) is 22.1. The number of hydrogen-bond donors (Lipinski definition) is 3. The van der Waals surface area contributed by atoms with E-state index in [4.69, 9.17) is 14.9 Å². The molecule has 0 aliphatic carbocycles. The number of nitrogens with one attached hydrogen (secondary N) is 1. The molecular formula is C24H19N11O7S4+2. The summed E-state index contributed by atoms with van der Waals surface area (Å²) < 4.78 is 50.7. The van der Waals surface area contributed by atoms with Gasteiger partial charge in [0.05, 0.1) is 29.4 Å². The van der Waals surface area contributed by atoms with Crippen LogP contribution in [0.4, 0.5) is 4.79 Å². The van der Waals surface area contributed by atoms with Crippen molar-refractivity contribution in [2.24, 2.45) is 5.73 Å². The monoisotopic (exact) mass is 701 g/mol. The van der Waals surface area contributed by atoms with Crippen molar-refractivity contribution in [3.05, 3.63) is 42.7 Å². The Morgan fingerprint density at radius 2 is 2.15 bits per heavy atom. The van der Waals surface area contributed by atoms with Crippen LogP contribution in [0.3, 0.4) is 0 Å². The number of rotatable bonds is 10. The smallest absolute Gasteiger partial charge is 0.412 e. The van der Waals surface area contributed by atoms with Gasteiger partial charge < -0.3 is 24.5 Å². The van der Waals surface area contributed by atoms with Crippen LogP contribution in [0.25, 0.3) is 43.7 Å². The van der Waals surface area contributed by atoms with E-state index in [9.17, 15) is 28.1 Å². The number of nitriles is 1. The quantitative estimate of drug-likeness (QED) is 0.0987. The van der Waals surface area contributed by atoms with Crippen molar-refractivity contribution < 1.29 is 41.5 Å². The number of aryl methyl sites for hydroxylation is 1. The average Bonchev–Trinajstić information content (AvgIpc) is 3.82. The van der Waals surface area contributed by atoms with Crippen LogP contribution in [0, 0.1) is 18.3 Å². The van der Waals surface area contributed by atoms with E-state index in [0.717, 1.165) is 29.1 Å². The third-order valence-corrected chi connectivity index (χ3v) is 12.1. The molecule has 0 fully saturated rings. The summed E-state index contributed by atoms with van der Waals surface area (Å²) >= 11 is 0.131. The van der Waals surface area contributed by atoms with Crippen LogP contribution in [0.5, 0.6) is 5.88 Å². The number of aromatic nitrogens is 9. The van der Waals surface area contributed by atoms with Crippen LogP contribution in [-0.4, -0.2) is 77.5 Å². The van der Waals surface area contributed by atoms with E-state index < -0.39 is 32.9 Å².